The maximum Gasteiger partial charge on any atom is 0.0393 e. The minimum atomic E-state index is 0.460. The number of hydrogen-bond acceptors (Lipinski definition) is 1. The van der Waals surface area contributed by atoms with Gasteiger partial charge in [-0.3, -0.25) is 0 Å². The predicted molar refractivity (Wildman–Crippen MR) is 107 cm³/mol. The van der Waals surface area contributed by atoms with Gasteiger partial charge >= 0.3 is 0 Å². The van der Waals surface area contributed by atoms with Crippen LogP contribution in [-0.2, 0) is 0 Å². The first-order chi connectivity index (χ1) is 11.6. The van der Waals surface area contributed by atoms with Gasteiger partial charge in [-0.1, -0.05) is 81.8 Å². The maximum absolute atomic E-state index is 6.38. The van der Waals surface area contributed by atoms with Gasteiger partial charge in [-0.05, 0) is 47.6 Å². The Labute approximate surface area is 146 Å². The maximum atomic E-state index is 6.38. The largest absolute Gasteiger partial charge is 0.398 e. The van der Waals surface area contributed by atoms with Crippen molar-refractivity contribution in [2.24, 2.45) is 11.7 Å². The van der Waals surface area contributed by atoms with Crippen LogP contribution in [0.1, 0.15) is 51.7 Å². The summed E-state index contributed by atoms with van der Waals surface area (Å²) < 4.78 is 0. The number of rotatable bonds is 1. The number of hydrogen-bond donors (Lipinski definition) is 1. The van der Waals surface area contributed by atoms with E-state index in [2.05, 4.69) is 75.4 Å². The molecule has 126 valence electrons. The molecule has 1 aliphatic carbocycles. The zero-order chi connectivity index (χ0) is 17.7. The number of fused-ring (bicyclic) bond motifs is 1. The van der Waals surface area contributed by atoms with Gasteiger partial charge in [0.05, 0.1) is 0 Å². The van der Waals surface area contributed by atoms with E-state index in [9.17, 15) is 0 Å². The quantitative estimate of drug-likeness (QED) is 0.648. The van der Waals surface area contributed by atoms with Crippen LogP contribution in [0.4, 0.5) is 0 Å². The standard InChI is InChI=1S/C21H23N.C2H6/c1-14-11-15(2)16(3)19-10-9-18(13-20(19)21(22)12-14)17-7-5-4-6-8-17;1-2/h4-13,15-16H,22H2,1-3H3;1-2H3/b14-11-,21-12-;. The molecule has 1 aliphatic rings. The van der Waals surface area contributed by atoms with Gasteiger partial charge < -0.3 is 5.73 Å². The third kappa shape index (κ3) is 3.79. The summed E-state index contributed by atoms with van der Waals surface area (Å²) in [7, 11) is 0. The molecule has 2 N–H and O–H groups in total. The van der Waals surface area contributed by atoms with E-state index < -0.39 is 0 Å². The Morgan fingerprint density at radius 3 is 2.21 bits per heavy atom. The summed E-state index contributed by atoms with van der Waals surface area (Å²) >= 11 is 0. The van der Waals surface area contributed by atoms with Gasteiger partial charge in [0.15, 0.2) is 0 Å². The van der Waals surface area contributed by atoms with E-state index in [0.717, 1.165) is 5.70 Å². The van der Waals surface area contributed by atoms with Crippen LogP contribution in [0, 0.1) is 5.92 Å². The Morgan fingerprint density at radius 1 is 0.875 bits per heavy atom. The van der Waals surface area contributed by atoms with Crippen molar-refractivity contribution in [1.82, 2.24) is 0 Å². The molecule has 0 spiro atoms. The fourth-order valence-electron chi connectivity index (χ4n) is 3.23. The topological polar surface area (TPSA) is 26.0 Å². The molecule has 0 saturated carbocycles. The molecule has 0 bridgehead atoms. The highest BCUT2D eigenvalue weighted by molar-refractivity contribution is 5.75. The van der Waals surface area contributed by atoms with Gasteiger partial charge in [-0.15, -0.1) is 0 Å². The minimum Gasteiger partial charge on any atom is -0.398 e. The molecular formula is C23H29N. The molecule has 0 fully saturated rings. The van der Waals surface area contributed by atoms with Gasteiger partial charge in [0, 0.05) is 11.3 Å². The molecule has 0 radical (unpaired) electrons. The van der Waals surface area contributed by atoms with E-state index >= 15 is 0 Å². The molecule has 2 aromatic carbocycles. The van der Waals surface area contributed by atoms with E-state index in [1.165, 1.54) is 27.8 Å². The fraction of sp³-hybridized carbons (Fsp3) is 0.304. The van der Waals surface area contributed by atoms with Gasteiger partial charge in [0.25, 0.3) is 0 Å². The Bertz CT molecular complexity index is 738. The Hall–Kier alpha value is -2.28. The first-order valence-corrected chi connectivity index (χ1v) is 8.91. The number of nitrogens with two attached hydrogens (primary N) is 1. The van der Waals surface area contributed by atoms with E-state index in [1.54, 1.807) is 0 Å². The van der Waals surface area contributed by atoms with Crippen LogP contribution in [0.25, 0.3) is 16.8 Å². The molecule has 2 aromatic rings. The summed E-state index contributed by atoms with van der Waals surface area (Å²) in [6.45, 7) is 10.7. The lowest BCUT2D eigenvalue weighted by atomic mass is 9.81. The highest BCUT2D eigenvalue weighted by Gasteiger charge is 2.19. The van der Waals surface area contributed by atoms with Crippen LogP contribution < -0.4 is 5.73 Å². The summed E-state index contributed by atoms with van der Waals surface area (Å²) in [5.41, 5.74) is 13.4. The molecule has 0 aliphatic heterocycles. The average Bonchev–Trinajstić information content (AvgIpc) is 2.62. The lowest BCUT2D eigenvalue weighted by Gasteiger charge is -2.24. The van der Waals surface area contributed by atoms with E-state index in [1.807, 2.05) is 19.9 Å². The third-order valence-electron chi connectivity index (χ3n) is 4.66. The highest BCUT2D eigenvalue weighted by atomic mass is 14.6. The van der Waals surface area contributed by atoms with Crippen molar-refractivity contribution in [2.75, 3.05) is 0 Å². The van der Waals surface area contributed by atoms with Gasteiger partial charge in [0.2, 0.25) is 0 Å². The van der Waals surface area contributed by atoms with Crippen molar-refractivity contribution in [2.45, 2.75) is 40.5 Å². The SMILES string of the molecule is CC.CC1=C/C(C)C(C)c2ccc(-c3ccccc3)cc2\C(N)=C\1. The molecule has 0 amide bonds. The molecule has 1 heteroatoms. The predicted octanol–water partition coefficient (Wildman–Crippen LogP) is 6.38. The van der Waals surface area contributed by atoms with Crippen molar-refractivity contribution in [1.29, 1.82) is 0 Å². The van der Waals surface area contributed by atoms with Crippen molar-refractivity contribution in [3.63, 3.8) is 0 Å². The van der Waals surface area contributed by atoms with Crippen LogP contribution in [0.15, 0.2) is 66.3 Å². The molecule has 0 saturated heterocycles. The lowest BCUT2D eigenvalue weighted by molar-refractivity contribution is 0.586. The summed E-state index contributed by atoms with van der Waals surface area (Å²) in [5, 5.41) is 0. The zero-order valence-electron chi connectivity index (χ0n) is 15.5. The second kappa shape index (κ2) is 8.01. The first-order valence-electron chi connectivity index (χ1n) is 8.91. The van der Waals surface area contributed by atoms with Gasteiger partial charge in [-0.25, -0.2) is 0 Å². The molecule has 24 heavy (non-hydrogen) atoms. The van der Waals surface area contributed by atoms with Crippen LogP contribution >= 0.6 is 0 Å². The average molecular weight is 319 g/mol. The van der Waals surface area contributed by atoms with Crippen molar-refractivity contribution >= 4 is 5.70 Å². The van der Waals surface area contributed by atoms with Crippen molar-refractivity contribution in [3.8, 4) is 11.1 Å². The van der Waals surface area contributed by atoms with E-state index in [-0.39, 0.29) is 0 Å². The summed E-state index contributed by atoms with van der Waals surface area (Å²) in [4.78, 5) is 0. The smallest absolute Gasteiger partial charge is 0.0393 e. The van der Waals surface area contributed by atoms with E-state index in [0.29, 0.717) is 11.8 Å². The van der Waals surface area contributed by atoms with Gasteiger partial charge in [-0.2, -0.15) is 0 Å². The summed E-state index contributed by atoms with van der Waals surface area (Å²) in [5.74, 6) is 0.965. The lowest BCUT2D eigenvalue weighted by Crippen LogP contribution is -2.12. The molecule has 0 heterocycles. The third-order valence-corrected chi connectivity index (χ3v) is 4.66. The second-order valence-corrected chi connectivity index (χ2v) is 6.33. The molecule has 0 aromatic heterocycles. The normalized spacial score (nSPS) is 24.0. The first kappa shape index (κ1) is 18.1. The molecular weight excluding hydrogens is 290 g/mol. The Balaban J connectivity index is 0.00000100. The van der Waals surface area contributed by atoms with Crippen LogP contribution in [-0.4, -0.2) is 0 Å². The summed E-state index contributed by atoms with van der Waals surface area (Å²) in [6, 6.07) is 17.2. The Morgan fingerprint density at radius 2 is 1.54 bits per heavy atom. The van der Waals surface area contributed by atoms with Crippen LogP contribution in [0.3, 0.4) is 0 Å². The van der Waals surface area contributed by atoms with Crippen LogP contribution in [0.2, 0.25) is 0 Å². The molecule has 1 nitrogen and oxygen atoms in total. The monoisotopic (exact) mass is 319 g/mol. The van der Waals surface area contributed by atoms with Crippen molar-refractivity contribution < 1.29 is 0 Å². The zero-order valence-corrected chi connectivity index (χ0v) is 15.5. The summed E-state index contributed by atoms with van der Waals surface area (Å²) in [6.07, 6.45) is 4.40. The van der Waals surface area contributed by atoms with E-state index in [4.69, 9.17) is 5.73 Å². The second-order valence-electron chi connectivity index (χ2n) is 6.33. The highest BCUT2D eigenvalue weighted by Crippen LogP contribution is 2.35. The molecule has 3 rings (SSSR count). The van der Waals surface area contributed by atoms with Gasteiger partial charge in [0.1, 0.15) is 0 Å². The molecule has 2 unspecified atom stereocenters. The van der Waals surface area contributed by atoms with Crippen LogP contribution in [0.5, 0.6) is 0 Å². The fourth-order valence-corrected chi connectivity index (χ4v) is 3.23. The number of benzene rings is 2. The Kier molecular flexibility index (Phi) is 6.03. The minimum absolute atomic E-state index is 0.460. The number of allylic oxidation sites excluding steroid dienone is 3. The molecule has 2 atom stereocenters. The van der Waals surface area contributed by atoms with Crippen molar-refractivity contribution in [3.05, 3.63) is 77.4 Å².